The van der Waals surface area contributed by atoms with Crippen molar-refractivity contribution in [1.29, 1.82) is 0 Å². The molecule has 0 radical (unpaired) electrons. The Morgan fingerprint density at radius 2 is 1.61 bits per heavy atom. The normalized spacial score (nSPS) is 39.5. The van der Waals surface area contributed by atoms with Gasteiger partial charge < -0.3 is 15.5 Å². The fraction of sp³-hybridized carbons (Fsp3) is 0.806. The minimum atomic E-state index is -3.95. The number of aliphatic hydroxyl groups is 2. The molecule has 0 heterocycles. The van der Waals surface area contributed by atoms with Crippen molar-refractivity contribution in [1.82, 2.24) is 10.0 Å². The van der Waals surface area contributed by atoms with E-state index < -0.39 is 16.1 Å². The molecule has 0 saturated heterocycles. The number of hydrogen-bond acceptors (Lipinski definition) is 5. The zero-order chi connectivity index (χ0) is 32.2. The predicted octanol–water partition coefficient (Wildman–Crippen LogP) is 6.62. The van der Waals surface area contributed by atoms with Crippen LogP contribution in [-0.2, 0) is 15.4 Å². The average molecular weight is 631 g/mol. The molecule has 0 aromatic heterocycles. The monoisotopic (exact) mass is 630 g/mol. The van der Waals surface area contributed by atoms with Crippen LogP contribution in [0.2, 0.25) is 0 Å². The second-order valence-electron chi connectivity index (χ2n) is 16.5. The molecule has 44 heavy (non-hydrogen) atoms. The van der Waals surface area contributed by atoms with Crippen LogP contribution in [0.5, 0.6) is 0 Å². The number of nitrogens with one attached hydrogen (secondary N) is 2. The Bertz CT molecular complexity index is 1290. The molecule has 4 fully saturated rings. The van der Waals surface area contributed by atoms with Crippen LogP contribution in [0.4, 0.5) is 4.79 Å². The van der Waals surface area contributed by atoms with E-state index in [1.54, 1.807) is 24.3 Å². The third-order valence-electron chi connectivity index (χ3n) is 13.3. The highest BCUT2D eigenvalue weighted by Crippen LogP contribution is 2.69. The van der Waals surface area contributed by atoms with Crippen molar-refractivity contribution in [3.05, 3.63) is 29.8 Å². The second-order valence-corrected chi connectivity index (χ2v) is 18.2. The van der Waals surface area contributed by atoms with E-state index >= 15 is 0 Å². The minimum Gasteiger partial charge on any atom is -0.393 e. The first-order chi connectivity index (χ1) is 20.5. The molecule has 0 bridgehead atoms. The zero-order valence-corrected chi connectivity index (χ0v) is 28.9. The van der Waals surface area contributed by atoms with Crippen molar-refractivity contribution in [2.45, 2.75) is 129 Å². The molecule has 4 N–H and O–H groups in total. The highest BCUT2D eigenvalue weighted by atomic mass is 32.2. The summed E-state index contributed by atoms with van der Waals surface area (Å²) in [6, 6.07) is 6.00. The Balaban J connectivity index is 1.19. The predicted molar refractivity (Wildman–Crippen MR) is 174 cm³/mol. The Labute approximate surface area is 266 Å². The van der Waals surface area contributed by atoms with Crippen molar-refractivity contribution < 1.29 is 23.4 Å². The number of sulfonamides is 1. The number of aliphatic hydroxyl groups excluding tert-OH is 2. The number of urea groups is 1. The van der Waals surface area contributed by atoms with Gasteiger partial charge in [0, 0.05) is 6.54 Å². The quantitative estimate of drug-likeness (QED) is 0.270. The maximum atomic E-state index is 12.8. The van der Waals surface area contributed by atoms with Crippen molar-refractivity contribution in [3.8, 4) is 0 Å². The summed E-state index contributed by atoms with van der Waals surface area (Å²) >= 11 is 0. The van der Waals surface area contributed by atoms with E-state index in [-0.39, 0.29) is 39.3 Å². The number of amides is 2. The fourth-order valence-corrected chi connectivity index (χ4v) is 11.8. The molecule has 8 heteroatoms. The van der Waals surface area contributed by atoms with Gasteiger partial charge in [0.1, 0.15) is 0 Å². The first-order valence-electron chi connectivity index (χ1n) is 17.3. The summed E-state index contributed by atoms with van der Waals surface area (Å²) in [5.74, 6) is 2.87. The van der Waals surface area contributed by atoms with Gasteiger partial charge in [-0.2, -0.15) is 0 Å². The van der Waals surface area contributed by atoms with Crippen molar-refractivity contribution in [3.63, 3.8) is 0 Å². The van der Waals surface area contributed by atoms with E-state index in [0.29, 0.717) is 42.1 Å². The summed E-state index contributed by atoms with van der Waals surface area (Å²) in [4.78, 5) is 12.7. The molecule has 7 nitrogen and oxygen atoms in total. The Kier molecular flexibility index (Phi) is 9.34. The number of rotatable bonds is 7. The summed E-state index contributed by atoms with van der Waals surface area (Å²) in [7, 11) is -3.95. The van der Waals surface area contributed by atoms with Crippen LogP contribution in [-0.4, -0.2) is 43.4 Å². The van der Waals surface area contributed by atoms with Crippen LogP contribution in [0.25, 0.3) is 0 Å². The van der Waals surface area contributed by atoms with E-state index in [9.17, 15) is 23.4 Å². The largest absolute Gasteiger partial charge is 0.393 e. The van der Waals surface area contributed by atoms with Gasteiger partial charge in [-0.15, -0.1) is 0 Å². The summed E-state index contributed by atoms with van der Waals surface area (Å²) < 4.78 is 27.8. The van der Waals surface area contributed by atoms with E-state index in [0.717, 1.165) is 56.9 Å². The molecular formula is C36H58N2O5S. The Hall–Kier alpha value is -1.64. The summed E-state index contributed by atoms with van der Waals surface area (Å²) in [6.45, 7) is 16.1. The van der Waals surface area contributed by atoms with Gasteiger partial charge in [0.15, 0.2) is 0 Å². The molecule has 2 amide bonds. The van der Waals surface area contributed by atoms with Gasteiger partial charge in [-0.25, -0.2) is 17.9 Å². The van der Waals surface area contributed by atoms with Crippen LogP contribution in [0.15, 0.2) is 29.2 Å². The molecule has 248 valence electrons. The van der Waals surface area contributed by atoms with Gasteiger partial charge in [0.2, 0.25) is 0 Å². The van der Waals surface area contributed by atoms with E-state index in [4.69, 9.17) is 0 Å². The highest BCUT2D eigenvalue weighted by molar-refractivity contribution is 7.90. The molecule has 0 spiro atoms. The number of carbonyl (C=O) groups excluding carboxylic acids is 1. The number of benzene rings is 1. The Morgan fingerprint density at radius 3 is 2.25 bits per heavy atom. The standard InChI is InChI=1S/C36H58N2O5S/c1-8-26-30-21-24(39)15-18-36(30,7)29-16-19-35(6)27(13-14-28(35)31(29)32(26)40)22(2)17-20-37-33(41)38-44(42,43)25-11-9-23(10-12-25)34(3,4)5/h9-12,22,24,26-32,39-40H,8,13-21H2,1-7H3,(H2,37,38,41)/t22-,24-,26-,27?,28+,29+,30?,31+,32-,35?,36?/m1/s1. The lowest BCUT2D eigenvalue weighted by Crippen LogP contribution is -2.62. The maximum Gasteiger partial charge on any atom is 0.328 e. The van der Waals surface area contributed by atoms with E-state index in [2.05, 4.69) is 58.5 Å². The lowest BCUT2D eigenvalue weighted by atomic mass is 9.41. The van der Waals surface area contributed by atoms with Gasteiger partial charge in [0.25, 0.3) is 10.0 Å². The molecule has 5 rings (SSSR count). The van der Waals surface area contributed by atoms with Crippen LogP contribution in [0.1, 0.15) is 112 Å². The average Bonchev–Trinajstić information content (AvgIpc) is 3.30. The smallest absolute Gasteiger partial charge is 0.328 e. The van der Waals surface area contributed by atoms with Crippen molar-refractivity contribution in [2.24, 2.45) is 52.3 Å². The van der Waals surface area contributed by atoms with E-state index in [1.807, 2.05) is 0 Å². The second kappa shape index (κ2) is 12.2. The van der Waals surface area contributed by atoms with Crippen LogP contribution >= 0.6 is 0 Å². The fourth-order valence-electron chi connectivity index (χ4n) is 10.9. The van der Waals surface area contributed by atoms with Gasteiger partial charge in [-0.05, 0) is 127 Å². The summed E-state index contributed by atoms with van der Waals surface area (Å²) in [5.41, 5.74) is 1.29. The van der Waals surface area contributed by atoms with E-state index in [1.165, 1.54) is 6.42 Å². The van der Waals surface area contributed by atoms with Crippen LogP contribution < -0.4 is 10.0 Å². The molecule has 4 aliphatic carbocycles. The van der Waals surface area contributed by atoms with Crippen LogP contribution in [0, 0.1) is 52.3 Å². The van der Waals surface area contributed by atoms with Gasteiger partial charge in [0.05, 0.1) is 17.1 Å². The van der Waals surface area contributed by atoms with Crippen LogP contribution in [0.3, 0.4) is 0 Å². The van der Waals surface area contributed by atoms with Gasteiger partial charge >= 0.3 is 6.03 Å². The van der Waals surface area contributed by atoms with Crippen molar-refractivity contribution >= 4 is 16.1 Å². The molecule has 11 atom stereocenters. The zero-order valence-electron chi connectivity index (χ0n) is 28.1. The first kappa shape index (κ1) is 33.7. The lowest BCUT2D eigenvalue weighted by Gasteiger charge is -2.64. The molecule has 4 unspecified atom stereocenters. The molecule has 1 aromatic rings. The number of fused-ring (bicyclic) bond motifs is 5. The van der Waals surface area contributed by atoms with Gasteiger partial charge in [-0.3, -0.25) is 0 Å². The summed E-state index contributed by atoms with van der Waals surface area (Å²) in [5, 5.41) is 25.3. The minimum absolute atomic E-state index is 0.0781. The molecule has 4 aliphatic rings. The first-order valence-corrected chi connectivity index (χ1v) is 18.8. The maximum absolute atomic E-state index is 12.8. The SMILES string of the molecule is CC[C@@H]1C2C[C@H](O)CCC2(C)[C@H]2CCC3(C)C([C@H](C)CCNC(=O)NS(=O)(=O)c4ccc(C(C)(C)C)cc4)CC[C@H]3[C@@H]2[C@@H]1O. The Morgan fingerprint density at radius 1 is 0.977 bits per heavy atom. The number of hydrogen-bond donors (Lipinski definition) is 4. The molecular weight excluding hydrogens is 572 g/mol. The molecule has 4 saturated carbocycles. The highest BCUT2D eigenvalue weighted by Gasteiger charge is 2.64. The number of carbonyl (C=O) groups is 1. The topological polar surface area (TPSA) is 116 Å². The van der Waals surface area contributed by atoms with Gasteiger partial charge in [-0.1, -0.05) is 67.0 Å². The molecule has 0 aliphatic heterocycles. The summed E-state index contributed by atoms with van der Waals surface area (Å²) in [6.07, 6.45) is 8.60. The molecule has 1 aromatic carbocycles. The van der Waals surface area contributed by atoms with Crippen molar-refractivity contribution in [2.75, 3.05) is 6.54 Å². The third-order valence-corrected chi connectivity index (χ3v) is 14.6. The lowest BCUT2D eigenvalue weighted by molar-refractivity contribution is -0.203. The third kappa shape index (κ3) is 5.97.